The van der Waals surface area contributed by atoms with Crippen molar-refractivity contribution in [1.29, 1.82) is 0 Å². The van der Waals surface area contributed by atoms with Gasteiger partial charge in [-0.05, 0) is 29.3 Å². The minimum Gasteiger partial charge on any atom is -0.489 e. The molecule has 0 saturated carbocycles. The SMILES string of the molecule is O=Cc1ccc(-c2ccc(OCc3ccccc3)cc2)c([N+](=O)[O-])c1. The zero-order valence-electron chi connectivity index (χ0n) is 13.3. The van der Waals surface area contributed by atoms with Crippen LogP contribution >= 0.6 is 0 Å². The van der Waals surface area contributed by atoms with Gasteiger partial charge in [-0.1, -0.05) is 48.5 Å². The maximum Gasteiger partial charge on any atom is 0.277 e. The van der Waals surface area contributed by atoms with Crippen LogP contribution in [-0.2, 0) is 6.61 Å². The summed E-state index contributed by atoms with van der Waals surface area (Å²) in [7, 11) is 0. The lowest BCUT2D eigenvalue weighted by atomic mass is 10.0. The number of benzene rings is 3. The van der Waals surface area contributed by atoms with Gasteiger partial charge in [0, 0.05) is 11.6 Å². The summed E-state index contributed by atoms with van der Waals surface area (Å²) in [6.45, 7) is 0.453. The molecule has 3 aromatic carbocycles. The van der Waals surface area contributed by atoms with Gasteiger partial charge in [-0.3, -0.25) is 14.9 Å². The fourth-order valence-electron chi connectivity index (χ4n) is 2.49. The molecule has 0 aliphatic carbocycles. The lowest BCUT2D eigenvalue weighted by molar-refractivity contribution is -0.384. The van der Waals surface area contributed by atoms with Crippen LogP contribution in [0.5, 0.6) is 5.75 Å². The standard InChI is InChI=1S/C20H15NO4/c22-13-16-6-11-19(20(12-16)21(23)24)17-7-9-18(10-8-17)25-14-15-4-2-1-3-5-15/h1-13H,14H2. The van der Waals surface area contributed by atoms with Crippen molar-refractivity contribution < 1.29 is 14.5 Å². The molecule has 0 N–H and O–H groups in total. The molecule has 0 radical (unpaired) electrons. The number of nitro groups is 1. The number of aldehydes is 1. The lowest BCUT2D eigenvalue weighted by Gasteiger charge is -2.08. The molecule has 0 amide bonds. The Morgan fingerprint density at radius 2 is 1.68 bits per heavy atom. The molecule has 124 valence electrons. The summed E-state index contributed by atoms with van der Waals surface area (Å²) in [4.78, 5) is 21.6. The molecule has 0 heterocycles. The second kappa shape index (κ2) is 7.40. The van der Waals surface area contributed by atoms with Gasteiger partial charge in [0.15, 0.2) is 0 Å². The van der Waals surface area contributed by atoms with Crippen LogP contribution in [-0.4, -0.2) is 11.2 Å². The van der Waals surface area contributed by atoms with E-state index in [1.807, 2.05) is 30.3 Å². The first-order chi connectivity index (χ1) is 12.2. The fraction of sp³-hybridized carbons (Fsp3) is 0.0500. The van der Waals surface area contributed by atoms with E-state index in [0.29, 0.717) is 29.8 Å². The third-order valence-electron chi connectivity index (χ3n) is 3.77. The summed E-state index contributed by atoms with van der Waals surface area (Å²) in [5.74, 6) is 0.680. The predicted octanol–water partition coefficient (Wildman–Crippen LogP) is 4.65. The van der Waals surface area contributed by atoms with E-state index in [0.717, 1.165) is 5.56 Å². The molecule has 0 unspecified atom stereocenters. The van der Waals surface area contributed by atoms with Crippen LogP contribution in [0.3, 0.4) is 0 Å². The summed E-state index contributed by atoms with van der Waals surface area (Å²) in [5.41, 5.74) is 2.40. The zero-order chi connectivity index (χ0) is 17.6. The normalized spacial score (nSPS) is 10.2. The second-order valence-corrected chi connectivity index (χ2v) is 5.45. The van der Waals surface area contributed by atoms with E-state index in [-0.39, 0.29) is 11.3 Å². The summed E-state index contributed by atoms with van der Waals surface area (Å²) >= 11 is 0. The molecule has 0 fully saturated rings. The number of ether oxygens (including phenoxy) is 1. The van der Waals surface area contributed by atoms with Crippen molar-refractivity contribution in [3.05, 3.63) is 94.0 Å². The van der Waals surface area contributed by atoms with Crippen LogP contribution in [0.2, 0.25) is 0 Å². The van der Waals surface area contributed by atoms with Crippen molar-refractivity contribution in [2.24, 2.45) is 0 Å². The highest BCUT2D eigenvalue weighted by molar-refractivity contribution is 5.82. The molecule has 0 atom stereocenters. The van der Waals surface area contributed by atoms with Gasteiger partial charge in [-0.2, -0.15) is 0 Å². The number of nitrogens with zero attached hydrogens (tertiary/aromatic N) is 1. The van der Waals surface area contributed by atoms with Gasteiger partial charge in [0.2, 0.25) is 0 Å². The van der Waals surface area contributed by atoms with Gasteiger partial charge in [0.05, 0.1) is 10.5 Å². The maximum absolute atomic E-state index is 11.3. The number of hydrogen-bond acceptors (Lipinski definition) is 4. The van der Waals surface area contributed by atoms with Crippen molar-refractivity contribution in [2.45, 2.75) is 6.61 Å². The highest BCUT2D eigenvalue weighted by Crippen LogP contribution is 2.31. The molecular weight excluding hydrogens is 318 g/mol. The van der Waals surface area contributed by atoms with Crippen LogP contribution < -0.4 is 4.74 Å². The lowest BCUT2D eigenvalue weighted by Crippen LogP contribution is -1.96. The number of carbonyl (C=O) groups excluding carboxylic acids is 1. The van der Waals surface area contributed by atoms with Gasteiger partial charge in [-0.25, -0.2) is 0 Å². The quantitative estimate of drug-likeness (QED) is 0.374. The minimum atomic E-state index is -0.484. The second-order valence-electron chi connectivity index (χ2n) is 5.45. The first kappa shape index (κ1) is 16.4. The third kappa shape index (κ3) is 3.90. The van der Waals surface area contributed by atoms with Gasteiger partial charge >= 0.3 is 0 Å². The predicted molar refractivity (Wildman–Crippen MR) is 94.7 cm³/mol. The Morgan fingerprint density at radius 3 is 2.32 bits per heavy atom. The summed E-state index contributed by atoms with van der Waals surface area (Å²) in [6, 6.07) is 21.3. The molecule has 0 aromatic heterocycles. The molecule has 0 bridgehead atoms. The van der Waals surface area contributed by atoms with E-state index in [1.54, 1.807) is 36.4 Å². The van der Waals surface area contributed by atoms with Crippen molar-refractivity contribution >= 4 is 12.0 Å². The van der Waals surface area contributed by atoms with Crippen LogP contribution in [0.4, 0.5) is 5.69 Å². The number of nitro benzene ring substituents is 1. The monoisotopic (exact) mass is 333 g/mol. The molecule has 0 saturated heterocycles. The van der Waals surface area contributed by atoms with Gasteiger partial charge in [-0.15, -0.1) is 0 Å². The molecule has 0 aliphatic rings. The van der Waals surface area contributed by atoms with E-state index in [9.17, 15) is 14.9 Å². The number of carbonyl (C=O) groups is 1. The third-order valence-corrected chi connectivity index (χ3v) is 3.77. The smallest absolute Gasteiger partial charge is 0.277 e. The van der Waals surface area contributed by atoms with E-state index in [2.05, 4.69) is 0 Å². The number of hydrogen-bond donors (Lipinski definition) is 0. The van der Waals surface area contributed by atoms with Gasteiger partial charge in [0.25, 0.3) is 5.69 Å². The molecule has 3 rings (SSSR count). The van der Waals surface area contributed by atoms with E-state index in [1.165, 1.54) is 6.07 Å². The van der Waals surface area contributed by atoms with E-state index >= 15 is 0 Å². The first-order valence-corrected chi connectivity index (χ1v) is 7.68. The van der Waals surface area contributed by atoms with Crippen LogP contribution in [0.25, 0.3) is 11.1 Å². The Bertz CT molecular complexity index is 889. The van der Waals surface area contributed by atoms with Crippen molar-refractivity contribution in [1.82, 2.24) is 0 Å². The Hall–Kier alpha value is -3.47. The fourth-order valence-corrected chi connectivity index (χ4v) is 2.49. The Labute approximate surface area is 144 Å². The Balaban J connectivity index is 1.80. The molecule has 3 aromatic rings. The highest BCUT2D eigenvalue weighted by Gasteiger charge is 2.16. The minimum absolute atomic E-state index is 0.0949. The van der Waals surface area contributed by atoms with Crippen LogP contribution in [0, 0.1) is 10.1 Å². The van der Waals surface area contributed by atoms with E-state index < -0.39 is 4.92 Å². The largest absolute Gasteiger partial charge is 0.489 e. The highest BCUT2D eigenvalue weighted by atomic mass is 16.6. The van der Waals surface area contributed by atoms with Gasteiger partial charge in [0.1, 0.15) is 18.6 Å². The average Bonchev–Trinajstić information content (AvgIpc) is 2.67. The van der Waals surface area contributed by atoms with Crippen molar-refractivity contribution in [2.75, 3.05) is 0 Å². The summed E-state index contributed by atoms with van der Waals surface area (Å²) < 4.78 is 5.72. The molecule has 5 heteroatoms. The van der Waals surface area contributed by atoms with E-state index in [4.69, 9.17) is 4.74 Å². The topological polar surface area (TPSA) is 69.4 Å². The average molecular weight is 333 g/mol. The Morgan fingerprint density at radius 1 is 0.960 bits per heavy atom. The first-order valence-electron chi connectivity index (χ1n) is 7.68. The molecule has 0 aliphatic heterocycles. The molecule has 5 nitrogen and oxygen atoms in total. The molecule has 0 spiro atoms. The van der Waals surface area contributed by atoms with Crippen LogP contribution in [0.1, 0.15) is 15.9 Å². The van der Waals surface area contributed by atoms with Crippen molar-refractivity contribution in [3.8, 4) is 16.9 Å². The van der Waals surface area contributed by atoms with Gasteiger partial charge < -0.3 is 4.74 Å². The molecule has 25 heavy (non-hydrogen) atoms. The number of rotatable bonds is 6. The zero-order valence-corrected chi connectivity index (χ0v) is 13.3. The Kier molecular flexibility index (Phi) is 4.85. The molecular formula is C20H15NO4. The van der Waals surface area contributed by atoms with Crippen LogP contribution in [0.15, 0.2) is 72.8 Å². The summed E-state index contributed by atoms with van der Waals surface area (Å²) in [5, 5.41) is 11.3. The van der Waals surface area contributed by atoms with Crippen molar-refractivity contribution in [3.63, 3.8) is 0 Å². The summed E-state index contributed by atoms with van der Waals surface area (Å²) in [6.07, 6.45) is 0.595. The maximum atomic E-state index is 11.3.